The number of benzene rings is 2. The Balaban J connectivity index is 0.000000257. The van der Waals surface area contributed by atoms with Crippen molar-refractivity contribution in [3.05, 3.63) is 95.6 Å². The van der Waals surface area contributed by atoms with Crippen LogP contribution in [0.4, 0.5) is 10.2 Å². The van der Waals surface area contributed by atoms with Crippen LogP contribution in [0.5, 0.6) is 0 Å². The number of aromatic carboxylic acids is 1. The van der Waals surface area contributed by atoms with Crippen LogP contribution in [0.15, 0.2) is 83.5 Å². The van der Waals surface area contributed by atoms with E-state index in [2.05, 4.69) is 10.3 Å². The Morgan fingerprint density at radius 2 is 1.64 bits per heavy atom. The van der Waals surface area contributed by atoms with E-state index in [1.807, 2.05) is 0 Å². The lowest BCUT2D eigenvalue weighted by atomic mass is 10.1. The van der Waals surface area contributed by atoms with E-state index in [1.165, 1.54) is 43.6 Å². The lowest BCUT2D eigenvalue weighted by Crippen LogP contribution is -2.37. The number of nitrogens with one attached hydrogen (secondary N) is 1. The number of anilines is 1. The third-order valence-corrected chi connectivity index (χ3v) is 6.36. The van der Waals surface area contributed by atoms with Crippen molar-refractivity contribution in [1.29, 1.82) is 0 Å². The van der Waals surface area contributed by atoms with Gasteiger partial charge >= 0.3 is 5.97 Å². The van der Waals surface area contributed by atoms with Crippen molar-refractivity contribution in [3.63, 3.8) is 0 Å². The number of carboxylic acids is 1. The third-order valence-electron chi connectivity index (χ3n) is 4.55. The van der Waals surface area contributed by atoms with E-state index in [9.17, 15) is 27.5 Å². The van der Waals surface area contributed by atoms with Gasteiger partial charge in [-0.3, -0.25) is 9.10 Å². The minimum absolute atomic E-state index is 0.0469. The van der Waals surface area contributed by atoms with Gasteiger partial charge in [0.1, 0.15) is 11.6 Å². The molecule has 0 bridgehead atoms. The molecule has 0 fully saturated rings. The summed E-state index contributed by atoms with van der Waals surface area (Å²) >= 11 is 0. The van der Waals surface area contributed by atoms with Crippen molar-refractivity contribution in [2.24, 2.45) is 0 Å². The average molecular weight is 471 g/mol. The van der Waals surface area contributed by atoms with Crippen LogP contribution in [0.25, 0.3) is 5.76 Å². The molecule has 0 saturated heterocycles. The number of fused-ring (bicyclic) bond motifs is 1. The summed E-state index contributed by atoms with van der Waals surface area (Å²) in [4.78, 5) is 26.5. The number of aromatic nitrogens is 1. The molecule has 1 amide bonds. The zero-order chi connectivity index (χ0) is 24.2. The molecule has 9 nitrogen and oxygen atoms in total. The number of aliphatic hydroxyl groups excluding tert-OH is 1. The highest BCUT2D eigenvalue weighted by Crippen LogP contribution is 2.34. The monoisotopic (exact) mass is 471 g/mol. The first-order chi connectivity index (χ1) is 15.6. The number of nitrogens with zero attached hydrogens (tertiary/aromatic N) is 2. The Morgan fingerprint density at radius 1 is 1.00 bits per heavy atom. The van der Waals surface area contributed by atoms with Gasteiger partial charge in [-0.25, -0.2) is 22.6 Å². The Bertz CT molecular complexity index is 1340. The van der Waals surface area contributed by atoms with Gasteiger partial charge in [-0.15, -0.1) is 0 Å². The zero-order valence-electron chi connectivity index (χ0n) is 17.1. The molecule has 11 heteroatoms. The van der Waals surface area contributed by atoms with Crippen LogP contribution >= 0.6 is 0 Å². The smallest absolute Gasteiger partial charge is 0.338 e. The summed E-state index contributed by atoms with van der Waals surface area (Å²) in [6.07, 6.45) is 1.49. The predicted molar refractivity (Wildman–Crippen MR) is 117 cm³/mol. The first-order valence-electron chi connectivity index (χ1n) is 9.36. The second kappa shape index (κ2) is 9.49. The van der Waals surface area contributed by atoms with Gasteiger partial charge in [0.15, 0.2) is 11.5 Å². The Morgan fingerprint density at radius 3 is 2.24 bits per heavy atom. The first kappa shape index (κ1) is 23.4. The van der Waals surface area contributed by atoms with E-state index in [0.717, 1.165) is 10.4 Å². The predicted octanol–water partition coefficient (Wildman–Crippen LogP) is 3.10. The largest absolute Gasteiger partial charge is 0.505 e. The molecular weight excluding hydrogens is 453 g/mol. The molecule has 2 heterocycles. The molecule has 0 spiro atoms. The second-order valence-electron chi connectivity index (χ2n) is 6.62. The topological polar surface area (TPSA) is 137 Å². The molecule has 33 heavy (non-hydrogen) atoms. The highest BCUT2D eigenvalue weighted by molar-refractivity contribution is 7.89. The van der Waals surface area contributed by atoms with Crippen molar-refractivity contribution < 1.29 is 32.6 Å². The Kier molecular flexibility index (Phi) is 6.73. The molecular formula is C22H18FN3O6S. The fourth-order valence-corrected chi connectivity index (χ4v) is 4.33. The summed E-state index contributed by atoms with van der Waals surface area (Å²) in [6, 6.07) is 16.1. The third kappa shape index (κ3) is 4.83. The van der Waals surface area contributed by atoms with Gasteiger partial charge in [-0.05, 0) is 36.4 Å². The summed E-state index contributed by atoms with van der Waals surface area (Å²) in [6.45, 7) is 0. The fourth-order valence-electron chi connectivity index (χ4n) is 2.93. The molecule has 1 aliphatic rings. The van der Waals surface area contributed by atoms with Gasteiger partial charge in [-0.2, -0.15) is 0 Å². The Hall–Kier alpha value is -4.25. The zero-order valence-corrected chi connectivity index (χ0v) is 18.0. The number of carbonyl (C=O) groups is 2. The van der Waals surface area contributed by atoms with Gasteiger partial charge < -0.3 is 15.5 Å². The van der Waals surface area contributed by atoms with Crippen LogP contribution in [0.2, 0.25) is 0 Å². The molecule has 0 radical (unpaired) electrons. The SMILES string of the molecule is CN1C(C(=O)Nc2ccccn2)=C(O)c2ccccc2S1(=O)=O.O=C(O)c1ccccc1F. The molecule has 0 aliphatic carbocycles. The molecule has 1 aromatic heterocycles. The highest BCUT2D eigenvalue weighted by Gasteiger charge is 2.37. The van der Waals surface area contributed by atoms with Gasteiger partial charge in [0, 0.05) is 18.8 Å². The first-order valence-corrected chi connectivity index (χ1v) is 10.8. The molecule has 3 aromatic rings. The summed E-state index contributed by atoms with van der Waals surface area (Å²) in [5.74, 6) is -2.84. The van der Waals surface area contributed by atoms with Crippen molar-refractivity contribution in [1.82, 2.24) is 9.29 Å². The highest BCUT2D eigenvalue weighted by atomic mass is 32.2. The molecule has 4 rings (SSSR count). The maximum absolute atomic E-state index is 12.5. The van der Waals surface area contributed by atoms with Gasteiger partial charge in [0.05, 0.1) is 10.5 Å². The number of carbonyl (C=O) groups excluding carboxylic acids is 1. The maximum Gasteiger partial charge on any atom is 0.338 e. The van der Waals surface area contributed by atoms with Gasteiger partial charge in [-0.1, -0.05) is 30.3 Å². The fraction of sp³-hybridized carbons (Fsp3) is 0.0455. The molecule has 0 atom stereocenters. The van der Waals surface area contributed by atoms with Crippen LogP contribution in [0, 0.1) is 5.82 Å². The van der Waals surface area contributed by atoms with Crippen LogP contribution in [0.3, 0.4) is 0 Å². The summed E-state index contributed by atoms with van der Waals surface area (Å²) in [7, 11) is -2.69. The van der Waals surface area contributed by atoms with Crippen molar-refractivity contribution in [3.8, 4) is 0 Å². The van der Waals surface area contributed by atoms with E-state index < -0.39 is 33.5 Å². The van der Waals surface area contributed by atoms with E-state index in [4.69, 9.17) is 5.11 Å². The van der Waals surface area contributed by atoms with Crippen LogP contribution in [-0.4, -0.2) is 46.8 Å². The van der Waals surface area contributed by atoms with Gasteiger partial charge in [0.25, 0.3) is 15.9 Å². The maximum atomic E-state index is 12.5. The van der Waals surface area contributed by atoms with E-state index >= 15 is 0 Å². The number of pyridine rings is 1. The molecule has 1 aliphatic heterocycles. The number of likely N-dealkylation sites (N-methyl/N-ethyl adjacent to an activating group) is 1. The molecule has 2 aromatic carbocycles. The molecule has 170 valence electrons. The quantitative estimate of drug-likeness (QED) is 0.534. The summed E-state index contributed by atoms with van der Waals surface area (Å²) < 4.78 is 38.2. The number of hydrogen-bond donors (Lipinski definition) is 3. The van der Waals surface area contributed by atoms with Crippen molar-refractivity contribution in [2.45, 2.75) is 4.90 Å². The number of rotatable bonds is 3. The number of hydrogen-bond acceptors (Lipinski definition) is 6. The summed E-state index contributed by atoms with van der Waals surface area (Å²) in [5, 5.41) is 21.2. The molecule has 0 unspecified atom stereocenters. The minimum atomic E-state index is -3.91. The number of sulfonamides is 1. The minimum Gasteiger partial charge on any atom is -0.505 e. The second-order valence-corrected chi connectivity index (χ2v) is 8.56. The van der Waals surface area contributed by atoms with Crippen LogP contribution in [-0.2, 0) is 14.8 Å². The summed E-state index contributed by atoms with van der Waals surface area (Å²) in [5.41, 5.74) is -0.548. The molecule has 0 saturated carbocycles. The number of halogens is 1. The number of carboxylic acid groups (broad SMARTS) is 1. The van der Waals surface area contributed by atoms with Crippen LogP contribution in [0.1, 0.15) is 15.9 Å². The number of aliphatic hydroxyl groups is 1. The van der Waals surface area contributed by atoms with E-state index in [-0.39, 0.29) is 27.5 Å². The van der Waals surface area contributed by atoms with E-state index in [0.29, 0.717) is 0 Å². The standard InChI is InChI=1S/C15H13N3O4S.C7H5FO2/c1-18-13(15(20)17-12-8-4-5-9-16-12)14(19)10-6-2-3-7-11(10)23(18,21)22;8-6-4-2-1-3-5(6)7(9)10/h2-9,19H,1H3,(H,16,17,20);1-4H,(H,9,10). The number of amides is 1. The van der Waals surface area contributed by atoms with E-state index in [1.54, 1.807) is 30.3 Å². The lowest BCUT2D eigenvalue weighted by molar-refractivity contribution is -0.113. The van der Waals surface area contributed by atoms with Crippen LogP contribution < -0.4 is 5.32 Å². The van der Waals surface area contributed by atoms with Gasteiger partial charge in [0.2, 0.25) is 0 Å². The van der Waals surface area contributed by atoms with Crippen molar-refractivity contribution in [2.75, 3.05) is 12.4 Å². The average Bonchev–Trinajstić information content (AvgIpc) is 2.79. The normalized spacial score (nSPS) is 13.9. The Labute approximate surface area is 188 Å². The molecule has 3 N–H and O–H groups in total. The van der Waals surface area contributed by atoms with Crippen molar-refractivity contribution >= 4 is 33.5 Å². The lowest BCUT2D eigenvalue weighted by Gasteiger charge is -2.28.